The summed E-state index contributed by atoms with van der Waals surface area (Å²) in [6.45, 7) is 0. The van der Waals surface area contributed by atoms with E-state index in [0.717, 1.165) is 11.3 Å². The number of fused-ring (bicyclic) bond motifs is 1. The maximum Gasteiger partial charge on any atom is 0.157 e. The second-order valence-electron chi connectivity index (χ2n) is 4.54. The van der Waals surface area contributed by atoms with E-state index in [9.17, 15) is 0 Å². The number of nitrogens with two attached hydrogens (primary N) is 1. The van der Waals surface area contributed by atoms with Crippen molar-refractivity contribution in [2.45, 2.75) is 38.0 Å². The van der Waals surface area contributed by atoms with Crippen LogP contribution in [0.4, 0.5) is 5.82 Å². The zero-order chi connectivity index (χ0) is 11.0. The van der Waals surface area contributed by atoms with E-state index in [0.29, 0.717) is 11.7 Å². The molecule has 1 aliphatic rings. The van der Waals surface area contributed by atoms with E-state index >= 15 is 0 Å². The van der Waals surface area contributed by atoms with Crippen LogP contribution in [0, 0.1) is 0 Å². The van der Waals surface area contributed by atoms with Gasteiger partial charge in [0.25, 0.3) is 0 Å². The smallest absolute Gasteiger partial charge is 0.157 e. The van der Waals surface area contributed by atoms with Gasteiger partial charge in [-0.15, -0.1) is 0 Å². The highest BCUT2D eigenvalue weighted by atomic mass is 15.3. The molecular formula is C12H16N4. The molecule has 2 heterocycles. The molecule has 0 unspecified atom stereocenters. The van der Waals surface area contributed by atoms with Crippen molar-refractivity contribution < 1.29 is 0 Å². The van der Waals surface area contributed by atoms with Crippen LogP contribution in [-0.2, 0) is 0 Å². The van der Waals surface area contributed by atoms with Gasteiger partial charge >= 0.3 is 0 Å². The van der Waals surface area contributed by atoms with Crippen LogP contribution in [0.1, 0.15) is 43.7 Å². The third kappa shape index (κ3) is 1.54. The molecule has 2 aromatic heterocycles. The Morgan fingerprint density at radius 1 is 1.25 bits per heavy atom. The third-order valence-corrected chi connectivity index (χ3v) is 3.43. The second-order valence-corrected chi connectivity index (χ2v) is 4.54. The summed E-state index contributed by atoms with van der Waals surface area (Å²) in [4.78, 5) is 4.64. The average Bonchev–Trinajstić information content (AvgIpc) is 2.79. The molecule has 0 aromatic carbocycles. The first-order valence-electron chi connectivity index (χ1n) is 5.95. The minimum atomic E-state index is 0.593. The van der Waals surface area contributed by atoms with Gasteiger partial charge in [-0.2, -0.15) is 9.61 Å². The van der Waals surface area contributed by atoms with Gasteiger partial charge in [0.05, 0.1) is 6.20 Å². The molecule has 3 rings (SSSR count). The van der Waals surface area contributed by atoms with Crippen molar-refractivity contribution in [2.24, 2.45) is 0 Å². The van der Waals surface area contributed by atoms with Crippen molar-refractivity contribution in [1.82, 2.24) is 14.6 Å². The molecule has 0 amide bonds. The quantitative estimate of drug-likeness (QED) is 0.796. The summed E-state index contributed by atoms with van der Waals surface area (Å²) >= 11 is 0. The molecule has 2 aromatic rings. The summed E-state index contributed by atoms with van der Waals surface area (Å²) in [6, 6.07) is 3.89. The van der Waals surface area contributed by atoms with Crippen molar-refractivity contribution in [3.8, 4) is 0 Å². The Morgan fingerprint density at radius 3 is 2.88 bits per heavy atom. The van der Waals surface area contributed by atoms with Crippen LogP contribution in [0.15, 0.2) is 18.3 Å². The third-order valence-electron chi connectivity index (χ3n) is 3.43. The van der Waals surface area contributed by atoms with Crippen LogP contribution in [0.3, 0.4) is 0 Å². The van der Waals surface area contributed by atoms with Crippen LogP contribution in [0.2, 0.25) is 0 Å². The fourth-order valence-corrected chi connectivity index (χ4v) is 2.56. The first-order chi connectivity index (χ1) is 7.84. The molecule has 4 nitrogen and oxygen atoms in total. The van der Waals surface area contributed by atoms with Crippen molar-refractivity contribution in [2.75, 3.05) is 5.73 Å². The molecule has 16 heavy (non-hydrogen) atoms. The summed E-state index contributed by atoms with van der Waals surface area (Å²) < 4.78 is 1.69. The normalized spacial score (nSPS) is 18.0. The summed E-state index contributed by atoms with van der Waals surface area (Å²) in [7, 11) is 0. The Morgan fingerprint density at radius 2 is 2.06 bits per heavy atom. The number of hydrogen-bond donors (Lipinski definition) is 1. The number of hydrogen-bond acceptors (Lipinski definition) is 3. The summed E-state index contributed by atoms with van der Waals surface area (Å²) in [5.74, 6) is 1.28. The van der Waals surface area contributed by atoms with E-state index < -0.39 is 0 Å². The molecule has 1 aliphatic carbocycles. The number of rotatable bonds is 1. The van der Waals surface area contributed by atoms with Gasteiger partial charge in [0.15, 0.2) is 5.65 Å². The summed E-state index contributed by atoms with van der Waals surface area (Å²) in [6.07, 6.45) is 8.23. The minimum absolute atomic E-state index is 0.593. The maximum atomic E-state index is 5.97. The zero-order valence-electron chi connectivity index (χ0n) is 9.26. The molecule has 1 saturated carbocycles. The fourth-order valence-electron chi connectivity index (χ4n) is 2.56. The SMILES string of the molecule is Nc1cc(C2CCCCC2)nc2ccnn12. The standard InChI is InChI=1S/C12H16N4/c13-11-8-10(9-4-2-1-3-5-9)15-12-6-7-14-16(11)12/h6-9H,1-5,13H2. The van der Waals surface area contributed by atoms with Crippen molar-refractivity contribution in [3.63, 3.8) is 0 Å². The maximum absolute atomic E-state index is 5.97. The summed E-state index contributed by atoms with van der Waals surface area (Å²) in [5.41, 5.74) is 7.97. The Bertz CT molecular complexity index is 497. The van der Waals surface area contributed by atoms with Gasteiger partial charge in [-0.05, 0) is 12.8 Å². The van der Waals surface area contributed by atoms with E-state index in [1.807, 2.05) is 12.1 Å². The summed E-state index contributed by atoms with van der Waals surface area (Å²) in [5, 5.41) is 4.13. The van der Waals surface area contributed by atoms with E-state index in [4.69, 9.17) is 5.73 Å². The van der Waals surface area contributed by atoms with Crippen LogP contribution in [0.5, 0.6) is 0 Å². The lowest BCUT2D eigenvalue weighted by molar-refractivity contribution is 0.437. The van der Waals surface area contributed by atoms with Gasteiger partial charge in [0.2, 0.25) is 0 Å². The lowest BCUT2D eigenvalue weighted by Crippen LogP contribution is -2.09. The molecule has 84 valence electrons. The Hall–Kier alpha value is -1.58. The number of nitrogens with zero attached hydrogens (tertiary/aromatic N) is 3. The lowest BCUT2D eigenvalue weighted by atomic mass is 9.87. The van der Waals surface area contributed by atoms with Gasteiger partial charge in [0.1, 0.15) is 5.82 Å². The Balaban J connectivity index is 2.02. The van der Waals surface area contributed by atoms with Crippen LogP contribution >= 0.6 is 0 Å². The molecule has 1 fully saturated rings. The molecule has 0 aliphatic heterocycles. The lowest BCUT2D eigenvalue weighted by Gasteiger charge is -2.21. The van der Waals surface area contributed by atoms with E-state index in [1.165, 1.54) is 32.1 Å². The van der Waals surface area contributed by atoms with Gasteiger partial charge in [-0.3, -0.25) is 0 Å². The predicted octanol–water partition coefficient (Wildman–Crippen LogP) is 2.36. The molecule has 0 saturated heterocycles. The van der Waals surface area contributed by atoms with Gasteiger partial charge in [-0.25, -0.2) is 4.98 Å². The molecule has 0 spiro atoms. The first-order valence-corrected chi connectivity index (χ1v) is 5.95. The fraction of sp³-hybridized carbons (Fsp3) is 0.500. The Labute approximate surface area is 94.5 Å². The highest BCUT2D eigenvalue weighted by Gasteiger charge is 2.18. The highest BCUT2D eigenvalue weighted by molar-refractivity contribution is 5.47. The molecule has 4 heteroatoms. The topological polar surface area (TPSA) is 56.2 Å². The first kappa shape index (κ1) is 9.63. The van der Waals surface area contributed by atoms with Crippen LogP contribution in [-0.4, -0.2) is 14.6 Å². The minimum Gasteiger partial charge on any atom is -0.384 e. The molecule has 0 atom stereocenters. The zero-order valence-corrected chi connectivity index (χ0v) is 9.26. The molecule has 0 radical (unpaired) electrons. The monoisotopic (exact) mass is 216 g/mol. The number of anilines is 1. The van der Waals surface area contributed by atoms with Crippen molar-refractivity contribution >= 4 is 11.5 Å². The average molecular weight is 216 g/mol. The van der Waals surface area contributed by atoms with Crippen LogP contribution < -0.4 is 5.73 Å². The van der Waals surface area contributed by atoms with Crippen LogP contribution in [0.25, 0.3) is 5.65 Å². The van der Waals surface area contributed by atoms with E-state index in [-0.39, 0.29) is 0 Å². The largest absolute Gasteiger partial charge is 0.384 e. The van der Waals surface area contributed by atoms with Crippen molar-refractivity contribution in [3.05, 3.63) is 24.0 Å². The van der Waals surface area contributed by atoms with E-state index in [1.54, 1.807) is 10.7 Å². The van der Waals surface area contributed by atoms with Gasteiger partial charge < -0.3 is 5.73 Å². The van der Waals surface area contributed by atoms with Gasteiger partial charge in [0, 0.05) is 23.7 Å². The molecule has 2 N–H and O–H groups in total. The highest BCUT2D eigenvalue weighted by Crippen LogP contribution is 2.32. The van der Waals surface area contributed by atoms with Gasteiger partial charge in [-0.1, -0.05) is 19.3 Å². The second kappa shape index (κ2) is 3.77. The van der Waals surface area contributed by atoms with E-state index in [2.05, 4.69) is 10.1 Å². The number of nitrogen functional groups attached to an aromatic ring is 1. The number of aromatic nitrogens is 3. The van der Waals surface area contributed by atoms with Crippen molar-refractivity contribution in [1.29, 1.82) is 0 Å². The Kier molecular flexibility index (Phi) is 2.27. The predicted molar refractivity (Wildman–Crippen MR) is 63.2 cm³/mol. The molecular weight excluding hydrogens is 200 g/mol. The molecule has 0 bridgehead atoms.